The standard InChI is InChI=1S/C12H19Cl3Si/c1-8(16(13,14)15)12-5-9-2-10(6-12)4-11(3-9)7-12/h8-11H,2-7H2,1H3. The van der Waals surface area contributed by atoms with Gasteiger partial charge in [-0.1, -0.05) is 6.92 Å². The van der Waals surface area contributed by atoms with Crippen LogP contribution in [0.4, 0.5) is 0 Å². The van der Waals surface area contributed by atoms with Crippen molar-refractivity contribution in [3.05, 3.63) is 0 Å². The first-order valence-electron chi connectivity index (χ1n) is 6.46. The van der Waals surface area contributed by atoms with Gasteiger partial charge in [-0.3, -0.25) is 0 Å². The highest BCUT2D eigenvalue weighted by molar-refractivity contribution is 7.65. The van der Waals surface area contributed by atoms with E-state index in [9.17, 15) is 0 Å². The van der Waals surface area contributed by atoms with Crippen LogP contribution >= 0.6 is 33.2 Å². The predicted octanol–water partition coefficient (Wildman–Crippen LogP) is 5.25. The minimum absolute atomic E-state index is 0.346. The summed E-state index contributed by atoms with van der Waals surface area (Å²) in [6.07, 6.45) is 8.44. The summed E-state index contributed by atoms with van der Waals surface area (Å²) < 4.78 is 0. The molecule has 0 amide bonds. The van der Waals surface area contributed by atoms with Crippen molar-refractivity contribution in [3.63, 3.8) is 0 Å². The lowest BCUT2D eigenvalue weighted by molar-refractivity contribution is -0.0544. The van der Waals surface area contributed by atoms with Gasteiger partial charge in [0.25, 0.3) is 0 Å². The van der Waals surface area contributed by atoms with Crippen LogP contribution in [0.15, 0.2) is 0 Å². The van der Waals surface area contributed by atoms with Gasteiger partial charge in [0.15, 0.2) is 0 Å². The van der Waals surface area contributed by atoms with Gasteiger partial charge >= 0.3 is 6.00 Å². The third-order valence-electron chi connectivity index (χ3n) is 5.50. The Kier molecular flexibility index (Phi) is 2.87. The molecule has 4 saturated carbocycles. The molecule has 0 aliphatic heterocycles. The van der Waals surface area contributed by atoms with Crippen LogP contribution in [-0.2, 0) is 0 Å². The minimum atomic E-state index is -2.53. The van der Waals surface area contributed by atoms with Crippen LogP contribution in [0.1, 0.15) is 45.4 Å². The van der Waals surface area contributed by atoms with Gasteiger partial charge in [-0.2, -0.15) is 0 Å². The van der Waals surface area contributed by atoms with Crippen LogP contribution in [0.5, 0.6) is 0 Å². The van der Waals surface area contributed by atoms with Crippen LogP contribution in [0.25, 0.3) is 0 Å². The number of halogens is 3. The van der Waals surface area contributed by atoms with Gasteiger partial charge in [-0.25, -0.2) is 0 Å². The summed E-state index contributed by atoms with van der Waals surface area (Å²) >= 11 is 18.9. The van der Waals surface area contributed by atoms with Crippen molar-refractivity contribution in [2.24, 2.45) is 23.2 Å². The summed E-state index contributed by atoms with van der Waals surface area (Å²) in [5.74, 6) is 2.86. The topological polar surface area (TPSA) is 0 Å². The molecule has 1 unspecified atom stereocenters. The van der Waals surface area contributed by atoms with E-state index >= 15 is 0 Å². The Labute approximate surface area is 113 Å². The second-order valence-corrected chi connectivity index (χ2v) is 15.6. The van der Waals surface area contributed by atoms with Crippen LogP contribution in [-0.4, -0.2) is 6.00 Å². The van der Waals surface area contributed by atoms with Crippen molar-refractivity contribution in [3.8, 4) is 0 Å². The maximum Gasteiger partial charge on any atom is 0.344 e. The molecule has 0 N–H and O–H groups in total. The van der Waals surface area contributed by atoms with Gasteiger partial charge in [0.1, 0.15) is 0 Å². The molecule has 0 aromatic heterocycles. The molecule has 0 aromatic rings. The molecule has 0 radical (unpaired) electrons. The quantitative estimate of drug-likeness (QED) is 0.482. The van der Waals surface area contributed by atoms with Crippen molar-refractivity contribution >= 4 is 39.2 Å². The number of rotatable bonds is 2. The highest BCUT2D eigenvalue weighted by Gasteiger charge is 2.57. The molecule has 4 aliphatic carbocycles. The Morgan fingerprint density at radius 2 is 1.31 bits per heavy atom. The largest absolute Gasteiger partial charge is 0.344 e. The average molecular weight is 298 g/mol. The molecule has 0 heterocycles. The molecular formula is C12H19Cl3Si. The summed E-state index contributed by atoms with van der Waals surface area (Å²) in [5, 5.41) is 0. The molecule has 0 saturated heterocycles. The van der Waals surface area contributed by atoms with Crippen molar-refractivity contribution in [1.82, 2.24) is 0 Å². The Bertz CT molecular complexity index is 262. The average Bonchev–Trinajstić information content (AvgIpc) is 2.12. The van der Waals surface area contributed by atoms with E-state index in [0.29, 0.717) is 11.0 Å². The Balaban J connectivity index is 1.88. The van der Waals surface area contributed by atoms with Crippen LogP contribution in [0.2, 0.25) is 5.54 Å². The smallest absolute Gasteiger partial charge is 0.126 e. The molecule has 4 fully saturated rings. The van der Waals surface area contributed by atoms with Crippen LogP contribution in [0, 0.1) is 23.2 Å². The molecule has 4 aliphatic rings. The number of hydrogen-bond donors (Lipinski definition) is 0. The van der Waals surface area contributed by atoms with E-state index in [-0.39, 0.29) is 0 Å². The molecule has 4 heteroatoms. The highest BCUT2D eigenvalue weighted by Crippen LogP contribution is 2.66. The van der Waals surface area contributed by atoms with Gasteiger partial charge in [0.2, 0.25) is 0 Å². The summed E-state index contributed by atoms with van der Waals surface area (Å²) in [6, 6.07) is -2.53. The predicted molar refractivity (Wildman–Crippen MR) is 73.3 cm³/mol. The Morgan fingerprint density at radius 1 is 0.938 bits per heavy atom. The van der Waals surface area contributed by atoms with E-state index in [1.807, 2.05) is 0 Å². The van der Waals surface area contributed by atoms with Crippen LogP contribution < -0.4 is 0 Å². The molecule has 1 atom stereocenters. The molecule has 92 valence electrons. The second-order valence-electron chi connectivity index (χ2n) is 6.54. The normalized spacial score (nSPS) is 48.4. The first-order valence-corrected chi connectivity index (χ1v) is 11.6. The van der Waals surface area contributed by atoms with E-state index in [2.05, 4.69) is 6.92 Å². The zero-order valence-corrected chi connectivity index (χ0v) is 13.0. The van der Waals surface area contributed by atoms with E-state index in [0.717, 1.165) is 17.8 Å². The molecule has 4 bridgehead atoms. The fourth-order valence-electron chi connectivity index (χ4n) is 5.06. The minimum Gasteiger partial charge on any atom is -0.126 e. The van der Waals surface area contributed by atoms with Gasteiger partial charge in [0, 0.05) is 0 Å². The van der Waals surface area contributed by atoms with Crippen molar-refractivity contribution in [1.29, 1.82) is 0 Å². The van der Waals surface area contributed by atoms with E-state index in [4.69, 9.17) is 33.2 Å². The fourth-order valence-corrected chi connectivity index (χ4v) is 8.19. The van der Waals surface area contributed by atoms with E-state index in [1.165, 1.54) is 38.5 Å². The van der Waals surface area contributed by atoms with Crippen molar-refractivity contribution in [2.75, 3.05) is 0 Å². The first kappa shape index (κ1) is 12.1. The number of hydrogen-bond acceptors (Lipinski definition) is 0. The fraction of sp³-hybridized carbons (Fsp3) is 1.00. The van der Waals surface area contributed by atoms with Crippen LogP contribution in [0.3, 0.4) is 0 Å². The lowest BCUT2D eigenvalue weighted by atomic mass is 9.49. The van der Waals surface area contributed by atoms with E-state index in [1.54, 1.807) is 0 Å². The molecule has 0 nitrogen and oxygen atoms in total. The summed E-state index contributed by atoms with van der Waals surface area (Å²) in [6.45, 7) is 2.21. The zero-order valence-electron chi connectivity index (χ0n) is 9.69. The SMILES string of the molecule is CC(C12CC3CC(CC(C3)C1)C2)[Si](Cl)(Cl)Cl. The maximum atomic E-state index is 6.29. The van der Waals surface area contributed by atoms with Crippen molar-refractivity contribution in [2.45, 2.75) is 51.0 Å². The summed E-state index contributed by atoms with van der Waals surface area (Å²) in [4.78, 5) is 0. The highest BCUT2D eigenvalue weighted by atomic mass is 35.8. The Hall–Kier alpha value is 1.09. The maximum absolute atomic E-state index is 6.29. The van der Waals surface area contributed by atoms with Gasteiger partial charge in [-0.05, 0) is 67.2 Å². The molecule has 0 spiro atoms. The van der Waals surface area contributed by atoms with E-state index < -0.39 is 6.00 Å². The van der Waals surface area contributed by atoms with Crippen molar-refractivity contribution < 1.29 is 0 Å². The molecule has 4 rings (SSSR count). The molecule has 0 aromatic carbocycles. The zero-order chi connectivity index (χ0) is 11.6. The second kappa shape index (κ2) is 3.79. The lowest BCUT2D eigenvalue weighted by Gasteiger charge is -2.59. The van der Waals surface area contributed by atoms with Gasteiger partial charge in [0.05, 0.1) is 0 Å². The lowest BCUT2D eigenvalue weighted by Crippen LogP contribution is -2.50. The third-order valence-corrected chi connectivity index (χ3v) is 10.0. The first-order chi connectivity index (χ1) is 7.39. The van der Waals surface area contributed by atoms with Gasteiger partial charge < -0.3 is 0 Å². The summed E-state index contributed by atoms with van der Waals surface area (Å²) in [5.41, 5.74) is 0.755. The summed E-state index contributed by atoms with van der Waals surface area (Å²) in [7, 11) is 0. The third kappa shape index (κ3) is 1.86. The molecule has 16 heavy (non-hydrogen) atoms. The monoisotopic (exact) mass is 296 g/mol. The van der Waals surface area contributed by atoms with Gasteiger partial charge in [-0.15, -0.1) is 33.2 Å². The molecular weight excluding hydrogens is 279 g/mol. The Morgan fingerprint density at radius 3 is 1.62 bits per heavy atom.